The SMILES string of the molecule is Cc1cc(N(C(=O)OC(C)(C)C)C(=O)OC(C)(C)C)c([N+](=O)[O-])cc1Br. The highest BCUT2D eigenvalue weighted by molar-refractivity contribution is 9.10. The summed E-state index contributed by atoms with van der Waals surface area (Å²) in [6.07, 6.45) is -2.12. The number of nitro benzene ring substituents is 1. The molecule has 0 radical (unpaired) electrons. The first-order chi connectivity index (χ1) is 11.6. The molecule has 1 rings (SSSR count). The Balaban J connectivity index is 3.55. The highest BCUT2D eigenvalue weighted by atomic mass is 79.9. The van der Waals surface area contributed by atoms with Crippen molar-refractivity contribution >= 4 is 39.5 Å². The van der Waals surface area contributed by atoms with Crippen molar-refractivity contribution in [3.8, 4) is 0 Å². The van der Waals surface area contributed by atoms with Crippen LogP contribution in [0.15, 0.2) is 16.6 Å². The van der Waals surface area contributed by atoms with Crippen LogP contribution in [-0.4, -0.2) is 28.3 Å². The molecular weight excluding hydrogens is 408 g/mol. The van der Waals surface area contributed by atoms with Crippen LogP contribution in [0.2, 0.25) is 0 Å². The average Bonchev–Trinajstić information content (AvgIpc) is 2.38. The van der Waals surface area contributed by atoms with Gasteiger partial charge in [-0.15, -0.1) is 0 Å². The lowest BCUT2D eigenvalue weighted by Gasteiger charge is -2.28. The predicted molar refractivity (Wildman–Crippen MR) is 100 cm³/mol. The number of anilines is 1. The molecule has 0 heterocycles. The van der Waals surface area contributed by atoms with Gasteiger partial charge in [-0.2, -0.15) is 4.90 Å². The molecule has 0 spiro atoms. The van der Waals surface area contributed by atoms with Crippen LogP contribution in [0, 0.1) is 17.0 Å². The number of aryl methyl sites for hydroxylation is 1. The van der Waals surface area contributed by atoms with E-state index in [0.29, 0.717) is 14.9 Å². The van der Waals surface area contributed by atoms with Gasteiger partial charge in [-0.1, -0.05) is 15.9 Å². The van der Waals surface area contributed by atoms with Crippen molar-refractivity contribution in [3.05, 3.63) is 32.3 Å². The summed E-state index contributed by atoms with van der Waals surface area (Å²) in [4.78, 5) is 36.6. The van der Waals surface area contributed by atoms with Gasteiger partial charge < -0.3 is 9.47 Å². The molecular formula is C17H23BrN2O6. The summed E-state index contributed by atoms with van der Waals surface area (Å²) >= 11 is 3.21. The molecule has 9 heteroatoms. The van der Waals surface area contributed by atoms with E-state index in [-0.39, 0.29) is 5.69 Å². The van der Waals surface area contributed by atoms with Gasteiger partial charge in [0, 0.05) is 10.5 Å². The zero-order valence-electron chi connectivity index (χ0n) is 15.9. The van der Waals surface area contributed by atoms with Gasteiger partial charge in [-0.25, -0.2) is 9.59 Å². The Hall–Kier alpha value is -2.16. The molecule has 0 aliphatic rings. The molecule has 0 unspecified atom stereocenters. The van der Waals surface area contributed by atoms with Crippen LogP contribution < -0.4 is 4.90 Å². The zero-order valence-corrected chi connectivity index (χ0v) is 17.5. The largest absolute Gasteiger partial charge is 0.443 e. The lowest BCUT2D eigenvalue weighted by Crippen LogP contribution is -2.44. The fraction of sp³-hybridized carbons (Fsp3) is 0.529. The normalized spacial score (nSPS) is 11.7. The number of hydrogen-bond acceptors (Lipinski definition) is 6. The molecule has 0 saturated carbocycles. The van der Waals surface area contributed by atoms with E-state index in [9.17, 15) is 19.7 Å². The molecule has 144 valence electrons. The minimum Gasteiger partial charge on any atom is -0.443 e. The van der Waals surface area contributed by atoms with Crippen molar-refractivity contribution in [1.82, 2.24) is 0 Å². The number of imide groups is 1. The maximum absolute atomic E-state index is 12.6. The van der Waals surface area contributed by atoms with Gasteiger partial charge in [-0.3, -0.25) is 10.1 Å². The summed E-state index contributed by atoms with van der Waals surface area (Å²) in [6.45, 7) is 11.4. The number of nitro groups is 1. The number of carbonyl (C=O) groups is 2. The fourth-order valence-electron chi connectivity index (χ4n) is 1.87. The molecule has 0 aromatic heterocycles. The Kier molecular flexibility index (Phi) is 6.40. The molecule has 0 N–H and O–H groups in total. The van der Waals surface area contributed by atoms with Crippen molar-refractivity contribution in [2.75, 3.05) is 4.90 Å². The summed E-state index contributed by atoms with van der Waals surface area (Å²) in [5.74, 6) is 0. The van der Waals surface area contributed by atoms with E-state index in [1.54, 1.807) is 48.5 Å². The Morgan fingerprint density at radius 2 is 1.46 bits per heavy atom. The van der Waals surface area contributed by atoms with Crippen molar-refractivity contribution < 1.29 is 24.0 Å². The lowest BCUT2D eigenvalue weighted by atomic mass is 10.1. The molecule has 2 amide bonds. The second kappa shape index (κ2) is 7.61. The van der Waals surface area contributed by atoms with E-state index >= 15 is 0 Å². The number of hydrogen-bond donors (Lipinski definition) is 0. The first kappa shape index (κ1) is 21.9. The summed E-state index contributed by atoms with van der Waals surface area (Å²) < 4.78 is 11.0. The number of ether oxygens (including phenoxy) is 2. The molecule has 1 aromatic carbocycles. The van der Waals surface area contributed by atoms with Crippen LogP contribution in [-0.2, 0) is 9.47 Å². The molecule has 0 aliphatic carbocycles. The third-order valence-electron chi connectivity index (χ3n) is 2.85. The van der Waals surface area contributed by atoms with Crippen molar-refractivity contribution in [1.29, 1.82) is 0 Å². The number of amides is 2. The van der Waals surface area contributed by atoms with Gasteiger partial charge in [0.15, 0.2) is 0 Å². The highest BCUT2D eigenvalue weighted by Gasteiger charge is 2.37. The molecule has 26 heavy (non-hydrogen) atoms. The second-order valence-corrected chi connectivity index (χ2v) is 8.50. The molecule has 0 bridgehead atoms. The number of nitrogens with zero attached hydrogens (tertiary/aromatic N) is 2. The van der Waals surface area contributed by atoms with Gasteiger partial charge in [-0.05, 0) is 60.1 Å². The van der Waals surface area contributed by atoms with Crippen LogP contribution in [0.25, 0.3) is 0 Å². The third-order valence-corrected chi connectivity index (χ3v) is 3.70. The van der Waals surface area contributed by atoms with E-state index in [1.165, 1.54) is 12.1 Å². The van der Waals surface area contributed by atoms with E-state index < -0.39 is 34.0 Å². The fourth-order valence-corrected chi connectivity index (χ4v) is 2.20. The second-order valence-electron chi connectivity index (χ2n) is 7.64. The monoisotopic (exact) mass is 430 g/mol. The molecule has 0 saturated heterocycles. The van der Waals surface area contributed by atoms with Crippen LogP contribution >= 0.6 is 15.9 Å². The van der Waals surface area contributed by atoms with Crippen molar-refractivity contribution in [2.45, 2.75) is 59.7 Å². The molecule has 0 atom stereocenters. The highest BCUT2D eigenvalue weighted by Crippen LogP contribution is 2.35. The smallest absolute Gasteiger partial charge is 0.424 e. The topological polar surface area (TPSA) is 99.0 Å². The van der Waals surface area contributed by atoms with E-state index in [2.05, 4.69) is 15.9 Å². The van der Waals surface area contributed by atoms with E-state index in [1.807, 2.05) is 0 Å². The molecule has 0 aliphatic heterocycles. The standard InChI is InChI=1S/C17H23BrN2O6/c1-10-8-12(13(20(23)24)9-11(10)18)19(14(21)25-16(2,3)4)15(22)26-17(5,6)7/h8-9H,1-7H3. The van der Waals surface area contributed by atoms with Crippen molar-refractivity contribution in [3.63, 3.8) is 0 Å². The minimum atomic E-state index is -1.06. The van der Waals surface area contributed by atoms with Gasteiger partial charge >= 0.3 is 12.2 Å². The van der Waals surface area contributed by atoms with E-state index in [0.717, 1.165) is 0 Å². The zero-order chi connectivity index (χ0) is 20.4. The Labute approximate surface area is 160 Å². The van der Waals surface area contributed by atoms with Gasteiger partial charge in [0.05, 0.1) is 4.92 Å². The number of carbonyl (C=O) groups excluding carboxylic acids is 2. The summed E-state index contributed by atoms with van der Waals surface area (Å²) in [5.41, 5.74) is -1.87. The predicted octanol–water partition coefficient (Wildman–Crippen LogP) is 5.34. The Morgan fingerprint density at radius 1 is 1.04 bits per heavy atom. The minimum absolute atomic E-state index is 0.223. The quantitative estimate of drug-likeness (QED) is 0.463. The average molecular weight is 431 g/mol. The first-order valence-corrected chi connectivity index (χ1v) is 8.62. The van der Waals surface area contributed by atoms with Gasteiger partial charge in [0.1, 0.15) is 16.9 Å². The lowest BCUT2D eigenvalue weighted by molar-refractivity contribution is -0.384. The summed E-state index contributed by atoms with van der Waals surface area (Å²) in [5, 5.41) is 11.5. The summed E-state index contributed by atoms with van der Waals surface area (Å²) in [6, 6.07) is 2.59. The molecule has 1 aromatic rings. The summed E-state index contributed by atoms with van der Waals surface area (Å²) in [7, 11) is 0. The Morgan fingerprint density at radius 3 is 1.81 bits per heavy atom. The van der Waals surface area contributed by atoms with Crippen LogP contribution in [0.4, 0.5) is 21.0 Å². The van der Waals surface area contributed by atoms with E-state index in [4.69, 9.17) is 9.47 Å². The Bertz CT molecular complexity index is 706. The van der Waals surface area contributed by atoms with Crippen LogP contribution in [0.5, 0.6) is 0 Å². The third kappa shape index (κ3) is 5.98. The maximum atomic E-state index is 12.6. The van der Waals surface area contributed by atoms with Gasteiger partial charge in [0.2, 0.25) is 0 Å². The number of benzene rings is 1. The van der Waals surface area contributed by atoms with Crippen LogP contribution in [0.3, 0.4) is 0 Å². The van der Waals surface area contributed by atoms with Gasteiger partial charge in [0.25, 0.3) is 5.69 Å². The number of rotatable bonds is 2. The first-order valence-electron chi connectivity index (χ1n) is 7.83. The molecule has 8 nitrogen and oxygen atoms in total. The molecule has 0 fully saturated rings. The van der Waals surface area contributed by atoms with Crippen LogP contribution in [0.1, 0.15) is 47.1 Å². The van der Waals surface area contributed by atoms with Crippen molar-refractivity contribution in [2.24, 2.45) is 0 Å². The maximum Gasteiger partial charge on any atom is 0.424 e. The number of halogens is 1.